The van der Waals surface area contributed by atoms with Crippen molar-refractivity contribution in [2.75, 3.05) is 19.6 Å². The van der Waals surface area contributed by atoms with Gasteiger partial charge >= 0.3 is 0 Å². The third kappa shape index (κ3) is 2.46. The van der Waals surface area contributed by atoms with Gasteiger partial charge in [0.15, 0.2) is 5.78 Å². The van der Waals surface area contributed by atoms with Crippen LogP contribution in [0.4, 0.5) is 0 Å². The molecule has 0 amide bonds. The van der Waals surface area contributed by atoms with Crippen LogP contribution in [0, 0.1) is 11.8 Å². The van der Waals surface area contributed by atoms with Gasteiger partial charge in [-0.2, -0.15) is 0 Å². The molecule has 3 fully saturated rings. The summed E-state index contributed by atoms with van der Waals surface area (Å²) in [5.74, 6) is 1.97. The smallest absolute Gasteiger partial charge is 0.178 e. The number of rotatable bonds is 4. The van der Waals surface area contributed by atoms with Crippen molar-refractivity contribution in [2.24, 2.45) is 11.8 Å². The molecule has 3 aliphatic rings. The molecule has 3 heterocycles. The van der Waals surface area contributed by atoms with E-state index in [1.165, 1.54) is 25.9 Å². The van der Waals surface area contributed by atoms with E-state index in [0.717, 1.165) is 30.5 Å². The number of pyridine rings is 1. The first-order valence-electron chi connectivity index (χ1n) is 6.90. The molecule has 2 saturated heterocycles. The third-order valence-electron chi connectivity index (χ3n) is 4.22. The van der Waals surface area contributed by atoms with Crippen molar-refractivity contribution in [3.05, 3.63) is 29.6 Å². The van der Waals surface area contributed by atoms with Gasteiger partial charge in [0.2, 0.25) is 0 Å². The van der Waals surface area contributed by atoms with Crippen LogP contribution < -0.4 is 0 Å². The van der Waals surface area contributed by atoms with Gasteiger partial charge in [0.1, 0.15) is 5.69 Å². The van der Waals surface area contributed by atoms with Gasteiger partial charge in [-0.25, -0.2) is 4.98 Å². The molecule has 2 bridgehead atoms. The van der Waals surface area contributed by atoms with E-state index in [0.29, 0.717) is 5.69 Å². The van der Waals surface area contributed by atoms with Crippen LogP contribution in [0.3, 0.4) is 0 Å². The van der Waals surface area contributed by atoms with E-state index in [2.05, 4.69) is 9.88 Å². The molecule has 3 heteroatoms. The summed E-state index contributed by atoms with van der Waals surface area (Å²) < 4.78 is 0. The summed E-state index contributed by atoms with van der Waals surface area (Å²) in [5.41, 5.74) is 1.64. The molecule has 1 saturated carbocycles. The summed E-state index contributed by atoms with van der Waals surface area (Å²) in [7, 11) is 0. The van der Waals surface area contributed by atoms with E-state index in [-0.39, 0.29) is 5.78 Å². The summed E-state index contributed by atoms with van der Waals surface area (Å²) in [4.78, 5) is 18.3. The van der Waals surface area contributed by atoms with Crippen molar-refractivity contribution in [2.45, 2.75) is 26.2 Å². The van der Waals surface area contributed by atoms with E-state index >= 15 is 0 Å². The Morgan fingerprint density at radius 1 is 1.33 bits per heavy atom. The van der Waals surface area contributed by atoms with Crippen molar-refractivity contribution in [1.29, 1.82) is 0 Å². The molecule has 1 aliphatic carbocycles. The summed E-state index contributed by atoms with van der Waals surface area (Å²) in [6.45, 7) is 5.19. The third-order valence-corrected chi connectivity index (χ3v) is 4.22. The van der Waals surface area contributed by atoms with E-state index in [4.69, 9.17) is 0 Å². The number of piperidine rings is 2. The standard InChI is InChI=1S/C15H20N2O/c1-11(18)15-4-2-3-14(16-15)5-6-17-9-12-7-13(8-12)10-17/h2-4,12-13H,5-10H2,1H3. The lowest BCUT2D eigenvalue weighted by Gasteiger charge is -2.47. The predicted molar refractivity (Wildman–Crippen MR) is 70.6 cm³/mol. The maximum Gasteiger partial charge on any atom is 0.178 e. The van der Waals surface area contributed by atoms with Gasteiger partial charge in [-0.05, 0) is 36.8 Å². The van der Waals surface area contributed by atoms with Crippen LogP contribution >= 0.6 is 0 Å². The second-order valence-corrected chi connectivity index (χ2v) is 5.78. The van der Waals surface area contributed by atoms with Gasteiger partial charge in [0.25, 0.3) is 0 Å². The Kier molecular flexibility index (Phi) is 3.16. The first-order chi connectivity index (χ1) is 8.70. The topological polar surface area (TPSA) is 33.2 Å². The van der Waals surface area contributed by atoms with Crippen LogP contribution in [0.2, 0.25) is 0 Å². The maximum atomic E-state index is 11.3. The van der Waals surface area contributed by atoms with Crippen LogP contribution in [0.15, 0.2) is 18.2 Å². The fraction of sp³-hybridized carbons (Fsp3) is 0.600. The number of fused-ring (bicyclic) bond motifs is 2. The predicted octanol–water partition coefficient (Wildman–Crippen LogP) is 2.17. The number of hydrogen-bond donors (Lipinski definition) is 0. The molecular formula is C15H20N2O. The minimum Gasteiger partial charge on any atom is -0.302 e. The highest BCUT2D eigenvalue weighted by atomic mass is 16.1. The minimum absolute atomic E-state index is 0.0519. The van der Waals surface area contributed by atoms with Crippen LogP contribution in [0.25, 0.3) is 0 Å². The number of hydrogen-bond acceptors (Lipinski definition) is 3. The molecule has 1 aromatic rings. The zero-order chi connectivity index (χ0) is 12.5. The Morgan fingerprint density at radius 3 is 2.72 bits per heavy atom. The first kappa shape index (κ1) is 11.8. The quantitative estimate of drug-likeness (QED) is 0.761. The van der Waals surface area contributed by atoms with E-state index < -0.39 is 0 Å². The Morgan fingerprint density at radius 2 is 2.06 bits per heavy atom. The van der Waals surface area contributed by atoms with Crippen molar-refractivity contribution in [1.82, 2.24) is 9.88 Å². The Hall–Kier alpha value is -1.22. The SMILES string of the molecule is CC(=O)c1cccc(CCN2CC3CC(C3)C2)n1. The van der Waals surface area contributed by atoms with Gasteiger partial charge in [-0.15, -0.1) is 0 Å². The molecule has 0 radical (unpaired) electrons. The molecule has 3 nitrogen and oxygen atoms in total. The Bertz CT molecular complexity index is 442. The molecule has 0 spiro atoms. The van der Waals surface area contributed by atoms with Crippen LogP contribution in [0.5, 0.6) is 0 Å². The lowest BCUT2D eigenvalue weighted by molar-refractivity contribution is 0.0283. The monoisotopic (exact) mass is 244 g/mol. The fourth-order valence-electron chi connectivity index (χ4n) is 3.25. The Labute approximate surface area is 108 Å². The summed E-state index contributed by atoms with van der Waals surface area (Å²) in [5, 5.41) is 0. The number of Topliss-reactive ketones (excluding diaryl/α,β-unsaturated/α-hetero) is 1. The lowest BCUT2D eigenvalue weighted by atomic mass is 9.71. The van der Waals surface area contributed by atoms with Crippen LogP contribution in [0.1, 0.15) is 35.9 Å². The zero-order valence-electron chi connectivity index (χ0n) is 10.9. The number of aromatic nitrogens is 1. The molecule has 0 unspecified atom stereocenters. The van der Waals surface area contributed by atoms with E-state index in [1.54, 1.807) is 13.0 Å². The normalized spacial score (nSPS) is 26.7. The Balaban J connectivity index is 1.56. The molecule has 1 aromatic heterocycles. The maximum absolute atomic E-state index is 11.3. The molecule has 2 aliphatic heterocycles. The molecule has 0 aromatic carbocycles. The summed E-state index contributed by atoms with van der Waals surface area (Å²) in [6, 6.07) is 5.76. The van der Waals surface area contributed by atoms with E-state index in [9.17, 15) is 4.79 Å². The number of ketones is 1. The van der Waals surface area contributed by atoms with Crippen molar-refractivity contribution in [3.63, 3.8) is 0 Å². The van der Waals surface area contributed by atoms with Gasteiger partial charge in [-0.1, -0.05) is 6.07 Å². The zero-order valence-corrected chi connectivity index (χ0v) is 10.9. The van der Waals surface area contributed by atoms with Gasteiger partial charge in [0.05, 0.1) is 0 Å². The average molecular weight is 244 g/mol. The second kappa shape index (κ2) is 4.81. The lowest BCUT2D eigenvalue weighted by Crippen LogP contribution is -2.49. The molecular weight excluding hydrogens is 224 g/mol. The minimum atomic E-state index is 0.0519. The fourth-order valence-corrected chi connectivity index (χ4v) is 3.25. The van der Waals surface area contributed by atoms with Crippen LogP contribution in [-0.4, -0.2) is 35.3 Å². The van der Waals surface area contributed by atoms with E-state index in [1.807, 2.05) is 12.1 Å². The van der Waals surface area contributed by atoms with Gasteiger partial charge < -0.3 is 4.90 Å². The number of nitrogens with zero attached hydrogens (tertiary/aromatic N) is 2. The van der Waals surface area contributed by atoms with Crippen LogP contribution in [-0.2, 0) is 6.42 Å². The molecule has 18 heavy (non-hydrogen) atoms. The number of carbonyl (C=O) groups is 1. The largest absolute Gasteiger partial charge is 0.302 e. The van der Waals surface area contributed by atoms with Crippen molar-refractivity contribution in [3.8, 4) is 0 Å². The highest BCUT2D eigenvalue weighted by molar-refractivity contribution is 5.92. The molecule has 96 valence electrons. The van der Waals surface area contributed by atoms with Crippen molar-refractivity contribution >= 4 is 5.78 Å². The average Bonchev–Trinajstić information content (AvgIpc) is 2.36. The number of carbonyl (C=O) groups excluding carboxylic acids is 1. The van der Waals surface area contributed by atoms with Gasteiger partial charge in [0, 0.05) is 38.7 Å². The molecule has 0 atom stereocenters. The van der Waals surface area contributed by atoms with Crippen molar-refractivity contribution < 1.29 is 4.79 Å². The second-order valence-electron chi connectivity index (χ2n) is 5.78. The highest BCUT2D eigenvalue weighted by Crippen LogP contribution is 2.39. The highest BCUT2D eigenvalue weighted by Gasteiger charge is 2.36. The van der Waals surface area contributed by atoms with Gasteiger partial charge in [-0.3, -0.25) is 4.79 Å². The first-order valence-corrected chi connectivity index (χ1v) is 6.90. The molecule has 4 rings (SSSR count). The summed E-state index contributed by atoms with van der Waals surface area (Å²) >= 11 is 0. The summed E-state index contributed by atoms with van der Waals surface area (Å²) in [6.07, 6.45) is 3.86. The molecule has 0 N–H and O–H groups in total.